The van der Waals surface area contributed by atoms with Gasteiger partial charge in [0.05, 0.1) is 0 Å². The average Bonchev–Trinajstić information content (AvgIpc) is 2.65. The molecule has 2 aromatic heterocycles. The zero-order chi connectivity index (χ0) is 10.8. The molecule has 0 spiro atoms. The van der Waals surface area contributed by atoms with Gasteiger partial charge in [0, 0.05) is 31.8 Å². The second kappa shape index (κ2) is 3.61. The Kier molecular flexibility index (Phi) is 2.29. The van der Waals surface area contributed by atoms with Gasteiger partial charge in [0.1, 0.15) is 0 Å². The van der Waals surface area contributed by atoms with Crippen molar-refractivity contribution in [3.63, 3.8) is 0 Å². The zero-order valence-electron chi connectivity index (χ0n) is 8.51. The van der Waals surface area contributed by atoms with E-state index in [1.807, 2.05) is 6.92 Å². The van der Waals surface area contributed by atoms with Crippen LogP contribution in [0.4, 0.5) is 0 Å². The van der Waals surface area contributed by atoms with E-state index in [9.17, 15) is 4.79 Å². The summed E-state index contributed by atoms with van der Waals surface area (Å²) in [5.41, 5.74) is 0.923. The van der Waals surface area contributed by atoms with Crippen LogP contribution >= 0.6 is 0 Å². The molecule has 0 aliphatic rings. The van der Waals surface area contributed by atoms with Crippen LogP contribution in [-0.4, -0.2) is 25.3 Å². The summed E-state index contributed by atoms with van der Waals surface area (Å²) in [5.74, 6) is 0.260. The molecule has 2 heterocycles. The normalized spacial score (nSPS) is 10.3. The van der Waals surface area contributed by atoms with Crippen molar-refractivity contribution in [2.75, 3.05) is 0 Å². The molecule has 0 fully saturated rings. The standard InChI is InChI=1S/C10H10N4O/c1-7-5-12-9(13-6-7)8(15)10-11-3-4-14(10)2/h3-6H,1-2H3. The van der Waals surface area contributed by atoms with Crippen LogP contribution in [0.15, 0.2) is 24.8 Å². The molecule has 0 bridgehead atoms. The minimum absolute atomic E-state index is 0.176. The predicted octanol–water partition coefficient (Wildman–Crippen LogP) is 0.750. The molecule has 2 rings (SSSR count). The fourth-order valence-electron chi connectivity index (χ4n) is 1.19. The Hall–Kier alpha value is -2.04. The number of hydrogen-bond acceptors (Lipinski definition) is 4. The van der Waals surface area contributed by atoms with E-state index in [2.05, 4.69) is 15.0 Å². The lowest BCUT2D eigenvalue weighted by Gasteiger charge is -1.99. The molecule has 76 valence electrons. The van der Waals surface area contributed by atoms with Crippen LogP contribution in [-0.2, 0) is 7.05 Å². The zero-order valence-corrected chi connectivity index (χ0v) is 8.51. The van der Waals surface area contributed by atoms with Crippen LogP contribution in [0.25, 0.3) is 0 Å². The number of nitrogens with zero attached hydrogens (tertiary/aromatic N) is 4. The highest BCUT2D eigenvalue weighted by molar-refractivity contribution is 6.03. The predicted molar refractivity (Wildman–Crippen MR) is 53.4 cm³/mol. The van der Waals surface area contributed by atoms with Crippen LogP contribution in [0.3, 0.4) is 0 Å². The summed E-state index contributed by atoms with van der Waals surface area (Å²) in [6.07, 6.45) is 6.51. The van der Waals surface area contributed by atoms with E-state index >= 15 is 0 Å². The number of carbonyl (C=O) groups is 1. The molecule has 0 aliphatic heterocycles. The molecule has 5 nitrogen and oxygen atoms in total. The van der Waals surface area contributed by atoms with E-state index in [1.54, 1.807) is 36.4 Å². The monoisotopic (exact) mass is 202 g/mol. The third kappa shape index (κ3) is 1.76. The van der Waals surface area contributed by atoms with Gasteiger partial charge in [-0.3, -0.25) is 4.79 Å². The number of aromatic nitrogens is 4. The van der Waals surface area contributed by atoms with Gasteiger partial charge in [0.25, 0.3) is 5.78 Å². The smallest absolute Gasteiger partial charge is 0.265 e. The van der Waals surface area contributed by atoms with Gasteiger partial charge in [-0.15, -0.1) is 0 Å². The molecule has 0 atom stereocenters. The van der Waals surface area contributed by atoms with E-state index in [4.69, 9.17) is 0 Å². The lowest BCUT2D eigenvalue weighted by atomic mass is 10.3. The minimum Gasteiger partial charge on any atom is -0.331 e. The Morgan fingerprint density at radius 3 is 2.47 bits per heavy atom. The molecule has 0 aromatic carbocycles. The maximum Gasteiger partial charge on any atom is 0.265 e. The SMILES string of the molecule is Cc1cnc(C(=O)c2nccn2C)nc1. The first-order valence-electron chi connectivity index (χ1n) is 4.49. The molecule has 0 saturated carbocycles. The van der Waals surface area contributed by atoms with Crippen molar-refractivity contribution >= 4 is 5.78 Å². The molecule has 2 aromatic rings. The second-order valence-electron chi connectivity index (χ2n) is 3.27. The fraction of sp³-hybridized carbons (Fsp3) is 0.200. The summed E-state index contributed by atoms with van der Waals surface area (Å²) in [6, 6.07) is 0. The topological polar surface area (TPSA) is 60.7 Å². The summed E-state index contributed by atoms with van der Waals surface area (Å²) in [6.45, 7) is 1.87. The Morgan fingerprint density at radius 2 is 1.93 bits per heavy atom. The van der Waals surface area contributed by atoms with Crippen LogP contribution < -0.4 is 0 Å². The number of rotatable bonds is 2. The Balaban J connectivity index is 2.37. The molecule has 0 aliphatic carbocycles. The van der Waals surface area contributed by atoms with E-state index < -0.39 is 0 Å². The van der Waals surface area contributed by atoms with Gasteiger partial charge < -0.3 is 4.57 Å². The second-order valence-corrected chi connectivity index (χ2v) is 3.27. The maximum absolute atomic E-state index is 11.8. The average molecular weight is 202 g/mol. The van der Waals surface area contributed by atoms with Crippen LogP contribution in [0.2, 0.25) is 0 Å². The molecule has 15 heavy (non-hydrogen) atoms. The van der Waals surface area contributed by atoms with E-state index in [0.717, 1.165) is 5.56 Å². The fourth-order valence-corrected chi connectivity index (χ4v) is 1.19. The number of ketones is 1. The first kappa shape index (κ1) is 9.51. The largest absolute Gasteiger partial charge is 0.331 e. The van der Waals surface area contributed by atoms with E-state index in [0.29, 0.717) is 5.82 Å². The van der Waals surface area contributed by atoms with Gasteiger partial charge in [-0.25, -0.2) is 15.0 Å². The Bertz CT molecular complexity index is 486. The quantitative estimate of drug-likeness (QED) is 0.674. The first-order valence-corrected chi connectivity index (χ1v) is 4.49. The summed E-state index contributed by atoms with van der Waals surface area (Å²) in [5, 5.41) is 0. The van der Waals surface area contributed by atoms with Crippen molar-refractivity contribution in [3.05, 3.63) is 42.0 Å². The van der Waals surface area contributed by atoms with Crippen molar-refractivity contribution in [3.8, 4) is 0 Å². The van der Waals surface area contributed by atoms with Crippen LogP contribution in [0, 0.1) is 6.92 Å². The summed E-state index contributed by atoms with van der Waals surface area (Å²) in [4.78, 5) is 23.7. The molecule has 0 radical (unpaired) electrons. The number of aryl methyl sites for hydroxylation is 2. The third-order valence-electron chi connectivity index (χ3n) is 2.01. The van der Waals surface area contributed by atoms with Gasteiger partial charge in [0.2, 0.25) is 5.82 Å². The molecule has 0 N–H and O–H groups in total. The van der Waals surface area contributed by atoms with Crippen molar-refractivity contribution in [2.24, 2.45) is 7.05 Å². The Labute approximate surface area is 86.8 Å². The molecule has 0 amide bonds. The molecular formula is C10H10N4O. The van der Waals surface area contributed by atoms with Gasteiger partial charge >= 0.3 is 0 Å². The summed E-state index contributed by atoms with van der Waals surface area (Å²) >= 11 is 0. The van der Waals surface area contributed by atoms with E-state index in [1.165, 1.54) is 0 Å². The number of imidazole rings is 1. The number of hydrogen-bond donors (Lipinski definition) is 0. The Morgan fingerprint density at radius 1 is 1.27 bits per heavy atom. The number of carbonyl (C=O) groups excluding carboxylic acids is 1. The highest BCUT2D eigenvalue weighted by Crippen LogP contribution is 2.02. The van der Waals surface area contributed by atoms with Crippen LogP contribution in [0.5, 0.6) is 0 Å². The molecular weight excluding hydrogens is 192 g/mol. The van der Waals surface area contributed by atoms with Crippen LogP contribution in [0.1, 0.15) is 22.0 Å². The van der Waals surface area contributed by atoms with Crippen molar-refractivity contribution in [1.82, 2.24) is 19.5 Å². The third-order valence-corrected chi connectivity index (χ3v) is 2.01. The van der Waals surface area contributed by atoms with Gasteiger partial charge in [-0.05, 0) is 12.5 Å². The highest BCUT2D eigenvalue weighted by atomic mass is 16.1. The van der Waals surface area contributed by atoms with E-state index in [-0.39, 0.29) is 11.6 Å². The van der Waals surface area contributed by atoms with Crippen molar-refractivity contribution < 1.29 is 4.79 Å². The summed E-state index contributed by atoms with van der Waals surface area (Å²) in [7, 11) is 1.76. The molecule has 5 heteroatoms. The van der Waals surface area contributed by atoms with Gasteiger partial charge in [-0.1, -0.05) is 0 Å². The maximum atomic E-state index is 11.8. The molecule has 0 unspecified atom stereocenters. The lowest BCUT2D eigenvalue weighted by Crippen LogP contribution is -2.12. The minimum atomic E-state index is -0.262. The summed E-state index contributed by atoms with van der Waals surface area (Å²) < 4.78 is 1.64. The van der Waals surface area contributed by atoms with Crippen molar-refractivity contribution in [1.29, 1.82) is 0 Å². The first-order chi connectivity index (χ1) is 7.18. The van der Waals surface area contributed by atoms with Crippen molar-refractivity contribution in [2.45, 2.75) is 6.92 Å². The highest BCUT2D eigenvalue weighted by Gasteiger charge is 2.15. The van der Waals surface area contributed by atoms with Gasteiger partial charge in [-0.2, -0.15) is 0 Å². The molecule has 0 saturated heterocycles. The lowest BCUT2D eigenvalue weighted by molar-refractivity contribution is 0.101. The van der Waals surface area contributed by atoms with Gasteiger partial charge in [0.15, 0.2) is 5.82 Å².